The predicted octanol–water partition coefficient (Wildman–Crippen LogP) is 1.96. The Morgan fingerprint density at radius 1 is 1.11 bits per heavy atom. The maximum absolute atomic E-state index is 12.0. The summed E-state index contributed by atoms with van der Waals surface area (Å²) >= 11 is 0. The van der Waals surface area contributed by atoms with E-state index in [2.05, 4.69) is 10.6 Å². The zero-order chi connectivity index (χ0) is 20.7. The summed E-state index contributed by atoms with van der Waals surface area (Å²) in [6, 6.07) is 12.5. The van der Waals surface area contributed by atoms with Gasteiger partial charge in [-0.1, -0.05) is 24.3 Å². The number of nitrogens with one attached hydrogen (secondary N) is 2. The monoisotopic (exact) mass is 406 g/mol. The van der Waals surface area contributed by atoms with E-state index in [1.165, 1.54) is 32.3 Å². The minimum absolute atomic E-state index is 0.0457. The van der Waals surface area contributed by atoms with Crippen LogP contribution in [-0.2, 0) is 21.4 Å². The van der Waals surface area contributed by atoms with Gasteiger partial charge in [0.05, 0.1) is 9.82 Å². The van der Waals surface area contributed by atoms with Crippen LogP contribution in [-0.4, -0.2) is 44.2 Å². The van der Waals surface area contributed by atoms with Crippen LogP contribution in [0.1, 0.15) is 12.0 Å². The Kier molecular flexibility index (Phi) is 7.07. The Hall–Kier alpha value is -2.98. The fourth-order valence-corrected chi connectivity index (χ4v) is 3.27. The Balaban J connectivity index is 1.83. The van der Waals surface area contributed by atoms with Gasteiger partial charge >= 0.3 is 0 Å². The lowest BCUT2D eigenvalue weighted by atomic mass is 10.2. The van der Waals surface area contributed by atoms with Gasteiger partial charge in [0.25, 0.3) is 5.69 Å². The van der Waals surface area contributed by atoms with E-state index in [0.29, 0.717) is 5.69 Å². The highest BCUT2D eigenvalue weighted by Crippen LogP contribution is 2.22. The van der Waals surface area contributed by atoms with E-state index < -0.39 is 14.9 Å². The Morgan fingerprint density at radius 2 is 1.75 bits per heavy atom. The summed E-state index contributed by atoms with van der Waals surface area (Å²) in [5, 5.41) is 16.6. The van der Waals surface area contributed by atoms with Crippen molar-refractivity contribution in [3.8, 4) is 0 Å². The minimum atomic E-state index is -3.48. The third-order valence-corrected chi connectivity index (χ3v) is 5.79. The average Bonchev–Trinajstić information content (AvgIpc) is 2.67. The van der Waals surface area contributed by atoms with Crippen LogP contribution in [0.3, 0.4) is 0 Å². The first-order chi connectivity index (χ1) is 13.2. The zero-order valence-corrected chi connectivity index (χ0v) is 16.4. The molecule has 0 bridgehead atoms. The number of rotatable bonds is 9. The highest BCUT2D eigenvalue weighted by atomic mass is 32.2. The number of hydrogen-bond acceptors (Lipinski definition) is 6. The molecule has 0 heterocycles. The number of benzene rings is 2. The van der Waals surface area contributed by atoms with Crippen molar-refractivity contribution in [2.75, 3.05) is 26.0 Å². The normalized spacial score (nSPS) is 11.2. The smallest absolute Gasteiger partial charge is 0.292 e. The number of para-hydroxylation sites is 2. The topological polar surface area (TPSA) is 122 Å². The summed E-state index contributed by atoms with van der Waals surface area (Å²) in [5.74, 6) is -0.226. The SMILES string of the molecule is CN(C)S(=O)(=O)c1ccc(CNC(=O)CCNc2ccccc2[N+](=O)[O-])cc1. The van der Waals surface area contributed by atoms with Gasteiger partial charge in [0.2, 0.25) is 15.9 Å². The van der Waals surface area contributed by atoms with Gasteiger partial charge in [0.1, 0.15) is 5.69 Å². The van der Waals surface area contributed by atoms with E-state index in [4.69, 9.17) is 0 Å². The van der Waals surface area contributed by atoms with Gasteiger partial charge in [0, 0.05) is 39.7 Å². The number of carbonyl (C=O) groups is 1. The lowest BCUT2D eigenvalue weighted by Crippen LogP contribution is -2.25. The quantitative estimate of drug-likeness (QED) is 0.485. The second-order valence-corrected chi connectivity index (χ2v) is 8.31. The minimum Gasteiger partial charge on any atom is -0.379 e. The summed E-state index contributed by atoms with van der Waals surface area (Å²) in [6.45, 7) is 0.503. The first-order valence-corrected chi connectivity index (χ1v) is 9.91. The van der Waals surface area contributed by atoms with E-state index >= 15 is 0 Å². The summed E-state index contributed by atoms with van der Waals surface area (Å²) in [6.07, 6.45) is 0.138. The molecule has 10 heteroatoms. The van der Waals surface area contributed by atoms with Crippen LogP contribution in [0.15, 0.2) is 53.4 Å². The lowest BCUT2D eigenvalue weighted by Gasteiger charge is -2.12. The molecule has 2 aromatic rings. The standard InChI is InChI=1S/C18H22N4O5S/c1-21(2)28(26,27)15-9-7-14(8-10-15)13-20-18(23)11-12-19-16-5-3-4-6-17(16)22(24)25/h3-10,19H,11-13H2,1-2H3,(H,20,23). The van der Waals surface area contributed by atoms with Crippen molar-refractivity contribution in [2.24, 2.45) is 0 Å². The molecule has 0 radical (unpaired) electrons. The fraction of sp³-hybridized carbons (Fsp3) is 0.278. The second-order valence-electron chi connectivity index (χ2n) is 6.16. The Bertz CT molecular complexity index is 943. The van der Waals surface area contributed by atoms with Crippen molar-refractivity contribution >= 4 is 27.3 Å². The van der Waals surface area contributed by atoms with Crippen molar-refractivity contribution < 1.29 is 18.1 Å². The molecule has 28 heavy (non-hydrogen) atoms. The first kappa shape index (κ1) is 21.3. The maximum Gasteiger partial charge on any atom is 0.292 e. The number of anilines is 1. The molecule has 0 unspecified atom stereocenters. The molecule has 0 aromatic heterocycles. The maximum atomic E-state index is 12.0. The van der Waals surface area contributed by atoms with E-state index in [1.807, 2.05) is 0 Å². The molecule has 2 aromatic carbocycles. The third-order valence-electron chi connectivity index (χ3n) is 3.96. The second kappa shape index (κ2) is 9.29. The summed E-state index contributed by atoms with van der Waals surface area (Å²) in [7, 11) is -0.563. The summed E-state index contributed by atoms with van der Waals surface area (Å²) in [4.78, 5) is 22.6. The number of carbonyl (C=O) groups excluding carboxylic acids is 1. The number of hydrogen-bond donors (Lipinski definition) is 2. The van der Waals surface area contributed by atoms with Gasteiger partial charge in [-0.15, -0.1) is 0 Å². The molecular formula is C18H22N4O5S. The molecule has 150 valence electrons. The van der Waals surface area contributed by atoms with Crippen LogP contribution >= 0.6 is 0 Å². The zero-order valence-electron chi connectivity index (χ0n) is 15.6. The van der Waals surface area contributed by atoms with E-state index in [1.54, 1.807) is 30.3 Å². The van der Waals surface area contributed by atoms with E-state index in [0.717, 1.165) is 9.87 Å². The number of nitrogens with zero attached hydrogens (tertiary/aromatic N) is 2. The number of nitro benzene ring substituents is 1. The molecule has 0 aliphatic carbocycles. The van der Waals surface area contributed by atoms with Crippen LogP contribution in [0.2, 0.25) is 0 Å². The Morgan fingerprint density at radius 3 is 2.36 bits per heavy atom. The van der Waals surface area contributed by atoms with Gasteiger partial charge in [0.15, 0.2) is 0 Å². The van der Waals surface area contributed by atoms with Crippen LogP contribution < -0.4 is 10.6 Å². The van der Waals surface area contributed by atoms with Crippen molar-refractivity contribution in [2.45, 2.75) is 17.9 Å². The molecule has 9 nitrogen and oxygen atoms in total. The predicted molar refractivity (Wildman–Crippen MR) is 105 cm³/mol. The number of amides is 1. The van der Waals surface area contributed by atoms with E-state index in [-0.39, 0.29) is 36.0 Å². The summed E-state index contributed by atoms with van der Waals surface area (Å²) < 4.78 is 25.2. The van der Waals surface area contributed by atoms with Gasteiger partial charge < -0.3 is 10.6 Å². The largest absolute Gasteiger partial charge is 0.379 e. The number of nitro groups is 1. The van der Waals surface area contributed by atoms with Gasteiger partial charge in [-0.25, -0.2) is 12.7 Å². The third kappa shape index (κ3) is 5.51. The molecule has 0 saturated carbocycles. The van der Waals surface area contributed by atoms with Crippen molar-refractivity contribution in [1.29, 1.82) is 0 Å². The molecule has 0 spiro atoms. The molecule has 1 amide bonds. The molecule has 0 saturated heterocycles. The van der Waals surface area contributed by atoms with Gasteiger partial charge in [-0.3, -0.25) is 14.9 Å². The molecule has 0 aliphatic heterocycles. The van der Waals surface area contributed by atoms with Crippen LogP contribution in [0, 0.1) is 10.1 Å². The van der Waals surface area contributed by atoms with Crippen LogP contribution in [0.25, 0.3) is 0 Å². The fourth-order valence-electron chi connectivity index (χ4n) is 2.37. The molecule has 2 N–H and O–H groups in total. The highest BCUT2D eigenvalue weighted by Gasteiger charge is 2.16. The number of sulfonamides is 1. The Labute approximate surface area is 163 Å². The van der Waals surface area contributed by atoms with Gasteiger partial charge in [-0.2, -0.15) is 0 Å². The van der Waals surface area contributed by atoms with Crippen molar-refractivity contribution in [3.05, 3.63) is 64.2 Å². The molecule has 0 atom stereocenters. The summed E-state index contributed by atoms with van der Waals surface area (Å²) in [5.41, 5.74) is 1.08. The molecule has 0 fully saturated rings. The molecule has 0 aliphatic rings. The molecule has 2 rings (SSSR count). The first-order valence-electron chi connectivity index (χ1n) is 8.47. The average molecular weight is 406 g/mol. The highest BCUT2D eigenvalue weighted by molar-refractivity contribution is 7.89. The van der Waals surface area contributed by atoms with Crippen molar-refractivity contribution in [1.82, 2.24) is 9.62 Å². The molecular weight excluding hydrogens is 384 g/mol. The van der Waals surface area contributed by atoms with Crippen LogP contribution in [0.4, 0.5) is 11.4 Å². The van der Waals surface area contributed by atoms with E-state index in [9.17, 15) is 23.3 Å². The lowest BCUT2D eigenvalue weighted by molar-refractivity contribution is -0.384. The van der Waals surface area contributed by atoms with Crippen LogP contribution in [0.5, 0.6) is 0 Å². The van der Waals surface area contributed by atoms with Crippen molar-refractivity contribution in [3.63, 3.8) is 0 Å². The van der Waals surface area contributed by atoms with Gasteiger partial charge in [-0.05, 0) is 23.8 Å².